The van der Waals surface area contributed by atoms with E-state index in [0.717, 1.165) is 96.7 Å². The number of rotatable bonds is 7. The number of hydrogen-bond acceptors (Lipinski definition) is 5. The second kappa shape index (κ2) is 12.7. The van der Waals surface area contributed by atoms with E-state index >= 15 is 4.79 Å². The topological polar surface area (TPSA) is 104 Å². The van der Waals surface area contributed by atoms with Crippen molar-refractivity contribution >= 4 is 23.8 Å². The average molecular weight is 749 g/mol. The molecule has 8 heteroatoms. The Kier molecular flexibility index (Phi) is 9.10. The molecule has 54 heavy (non-hydrogen) atoms. The summed E-state index contributed by atoms with van der Waals surface area (Å²) in [5.41, 5.74) is -0.935. The van der Waals surface area contributed by atoms with E-state index in [4.69, 9.17) is 4.74 Å². The van der Waals surface area contributed by atoms with E-state index in [1.807, 2.05) is 4.90 Å². The number of amides is 2. The van der Waals surface area contributed by atoms with Gasteiger partial charge in [-0.1, -0.05) is 41.5 Å². The van der Waals surface area contributed by atoms with E-state index in [-0.39, 0.29) is 51.5 Å². The third-order valence-corrected chi connectivity index (χ3v) is 19.4. The molecule has 8 aliphatic rings. The summed E-state index contributed by atoms with van der Waals surface area (Å²) in [6.45, 7) is 20.7. The molecule has 0 aromatic carbocycles. The summed E-state index contributed by atoms with van der Waals surface area (Å²) >= 11 is 0. The number of carbonyl (C=O) groups is 4. The Bertz CT molecular complexity index is 1560. The van der Waals surface area contributed by atoms with Gasteiger partial charge < -0.3 is 19.6 Å². The lowest BCUT2D eigenvalue weighted by molar-refractivity contribution is -0.251. The van der Waals surface area contributed by atoms with Gasteiger partial charge in [0.1, 0.15) is 12.1 Å². The summed E-state index contributed by atoms with van der Waals surface area (Å²) in [4.78, 5) is 58.4. The van der Waals surface area contributed by atoms with Crippen LogP contribution in [-0.4, -0.2) is 70.4 Å². The Hall–Kier alpha value is -2.12. The number of carboxylic acids is 1. The number of carbonyl (C=O) groups excluding carboxylic acids is 3. The first-order valence-corrected chi connectivity index (χ1v) is 22.3. The molecule has 1 N–H and O–H groups in total. The van der Waals surface area contributed by atoms with E-state index in [2.05, 4.69) is 46.4 Å². The van der Waals surface area contributed by atoms with Crippen molar-refractivity contribution in [2.45, 2.75) is 177 Å². The molecule has 8 nitrogen and oxygen atoms in total. The zero-order valence-electron chi connectivity index (χ0n) is 35.1. The molecular weight excluding hydrogens is 677 g/mol. The van der Waals surface area contributed by atoms with Gasteiger partial charge in [-0.25, -0.2) is 0 Å². The van der Waals surface area contributed by atoms with E-state index in [1.165, 1.54) is 25.7 Å². The molecule has 0 aromatic rings. The van der Waals surface area contributed by atoms with Gasteiger partial charge in [0.05, 0.1) is 17.3 Å². The van der Waals surface area contributed by atoms with Crippen LogP contribution in [0.1, 0.15) is 165 Å². The molecular formula is C46H72N2O6. The lowest BCUT2D eigenvalue weighted by atomic mass is 9.32. The summed E-state index contributed by atoms with van der Waals surface area (Å²) in [6, 6.07) is -0.264. The van der Waals surface area contributed by atoms with Crippen molar-refractivity contribution in [3.8, 4) is 0 Å². The normalized spacial score (nSPS) is 44.8. The van der Waals surface area contributed by atoms with Crippen LogP contribution in [0.5, 0.6) is 0 Å². The van der Waals surface area contributed by atoms with Gasteiger partial charge in [-0.3, -0.25) is 19.2 Å². The Morgan fingerprint density at radius 1 is 0.704 bits per heavy atom. The zero-order valence-corrected chi connectivity index (χ0v) is 35.1. The van der Waals surface area contributed by atoms with Crippen LogP contribution in [0.4, 0.5) is 0 Å². The van der Waals surface area contributed by atoms with E-state index in [1.54, 1.807) is 13.8 Å². The van der Waals surface area contributed by atoms with Gasteiger partial charge in [0.2, 0.25) is 11.8 Å². The fourth-order valence-corrected chi connectivity index (χ4v) is 15.8. The van der Waals surface area contributed by atoms with Crippen molar-refractivity contribution in [2.75, 3.05) is 19.6 Å². The third kappa shape index (κ3) is 5.45. The molecule has 302 valence electrons. The monoisotopic (exact) mass is 749 g/mol. The lowest BCUT2D eigenvalue weighted by Crippen LogP contribution is -2.68. The lowest BCUT2D eigenvalue weighted by Gasteiger charge is -2.73. The van der Waals surface area contributed by atoms with Crippen LogP contribution in [0, 0.1) is 67.5 Å². The number of nitrogens with zero attached hydrogens (tertiary/aromatic N) is 2. The number of likely N-dealkylation sites (tertiary alicyclic amines) is 2. The van der Waals surface area contributed by atoms with E-state index < -0.39 is 17.4 Å². The summed E-state index contributed by atoms with van der Waals surface area (Å²) in [7, 11) is 0. The zero-order chi connectivity index (χ0) is 38.9. The molecule has 2 saturated heterocycles. The summed E-state index contributed by atoms with van der Waals surface area (Å²) in [5.74, 6) is 1.66. The molecule has 0 unspecified atom stereocenters. The smallest absolute Gasteiger partial charge is 0.309 e. The number of aliphatic carboxylic acids is 1. The first-order valence-electron chi connectivity index (χ1n) is 22.3. The highest BCUT2D eigenvalue weighted by Crippen LogP contribution is 2.79. The second-order valence-electron chi connectivity index (χ2n) is 22.5. The molecule has 0 radical (unpaired) electrons. The van der Waals surface area contributed by atoms with Crippen molar-refractivity contribution in [1.29, 1.82) is 0 Å². The van der Waals surface area contributed by atoms with Gasteiger partial charge in [-0.05, 0) is 168 Å². The summed E-state index contributed by atoms with van der Waals surface area (Å²) in [5, 5.41) is 9.65. The number of fused-ring (bicyclic) bond motifs is 7. The molecule has 2 aliphatic heterocycles. The molecule has 6 aliphatic carbocycles. The number of ether oxygens (including phenoxy) is 1. The second-order valence-corrected chi connectivity index (χ2v) is 22.5. The SMILES string of the molecule is CC(C)(CC(=O)O[C@H]1CC[C@]2(C)[C@H]3CC[C@@H]4[C@H]5[C@H](C6(C)CC6)CC[C@]5(C(=O)N5CCC[C@H]5C(=O)N5CCCC5)CC[C@@]4(C)[C@]3(C)CC[C@H]2C1(C)C)C(=O)O. The molecule has 2 amide bonds. The molecule has 6 saturated carbocycles. The molecule has 11 atom stereocenters. The summed E-state index contributed by atoms with van der Waals surface area (Å²) in [6.07, 6.45) is 16.9. The minimum atomic E-state index is -1.15. The van der Waals surface area contributed by atoms with Gasteiger partial charge in [-0.2, -0.15) is 0 Å². The highest BCUT2D eigenvalue weighted by molar-refractivity contribution is 5.91. The molecule has 8 fully saturated rings. The maximum absolute atomic E-state index is 15.4. The maximum Gasteiger partial charge on any atom is 0.309 e. The molecule has 2 heterocycles. The van der Waals surface area contributed by atoms with Crippen molar-refractivity contribution in [3.05, 3.63) is 0 Å². The van der Waals surface area contributed by atoms with Crippen LogP contribution in [0.2, 0.25) is 0 Å². The van der Waals surface area contributed by atoms with Crippen LogP contribution in [0.15, 0.2) is 0 Å². The van der Waals surface area contributed by atoms with Gasteiger partial charge in [0.25, 0.3) is 0 Å². The molecule has 0 spiro atoms. The van der Waals surface area contributed by atoms with Gasteiger partial charge in [0.15, 0.2) is 0 Å². The summed E-state index contributed by atoms with van der Waals surface area (Å²) < 4.78 is 6.22. The minimum Gasteiger partial charge on any atom is -0.481 e. The van der Waals surface area contributed by atoms with Gasteiger partial charge in [0, 0.05) is 25.0 Å². The standard InChI is InChI=1S/C46H72N2O6/c1-40(2,39(52)53)28-35(49)54-34-17-18-43(6)32(41(34,3)4)16-19-45(8)33(43)14-13-30-36-29(42(5)21-22-42)15-20-46(36,24-23-44(30,45)7)38(51)48-27-11-12-31(48)37(50)47-25-9-10-26-47/h29-34,36H,9-28H2,1-8H3,(H,52,53)/t29-,30-,31+,32+,33-,34+,36-,43+,44-,45-,46+/m1/s1. The van der Waals surface area contributed by atoms with Crippen LogP contribution >= 0.6 is 0 Å². The predicted octanol–water partition coefficient (Wildman–Crippen LogP) is 8.89. The Morgan fingerprint density at radius 3 is 2.07 bits per heavy atom. The highest BCUT2D eigenvalue weighted by Gasteiger charge is 2.74. The van der Waals surface area contributed by atoms with Crippen LogP contribution in [-0.2, 0) is 23.9 Å². The van der Waals surface area contributed by atoms with E-state index in [9.17, 15) is 19.5 Å². The highest BCUT2D eigenvalue weighted by atomic mass is 16.5. The Labute approximate surface area is 325 Å². The first-order chi connectivity index (χ1) is 25.3. The third-order valence-electron chi connectivity index (χ3n) is 19.4. The van der Waals surface area contributed by atoms with Crippen LogP contribution < -0.4 is 0 Å². The fourth-order valence-electron chi connectivity index (χ4n) is 15.8. The van der Waals surface area contributed by atoms with Crippen LogP contribution in [0.3, 0.4) is 0 Å². The van der Waals surface area contributed by atoms with Gasteiger partial charge in [-0.15, -0.1) is 0 Å². The van der Waals surface area contributed by atoms with Crippen molar-refractivity contribution in [2.24, 2.45) is 67.5 Å². The van der Waals surface area contributed by atoms with Crippen molar-refractivity contribution in [1.82, 2.24) is 9.80 Å². The van der Waals surface area contributed by atoms with E-state index in [0.29, 0.717) is 40.9 Å². The van der Waals surface area contributed by atoms with Gasteiger partial charge >= 0.3 is 11.9 Å². The Morgan fingerprint density at radius 2 is 1.41 bits per heavy atom. The molecule has 0 aromatic heterocycles. The maximum atomic E-state index is 15.4. The quantitative estimate of drug-likeness (QED) is 0.261. The predicted molar refractivity (Wildman–Crippen MR) is 208 cm³/mol. The first kappa shape index (κ1) is 38.7. The van der Waals surface area contributed by atoms with Crippen LogP contribution in [0.25, 0.3) is 0 Å². The number of hydrogen-bond donors (Lipinski definition) is 1. The van der Waals surface area contributed by atoms with Crippen molar-refractivity contribution < 1.29 is 29.0 Å². The number of esters is 1. The molecule has 0 bridgehead atoms. The Balaban J connectivity index is 1.07. The largest absolute Gasteiger partial charge is 0.481 e. The minimum absolute atomic E-state index is 0.115. The van der Waals surface area contributed by atoms with Crippen molar-refractivity contribution in [3.63, 3.8) is 0 Å². The average Bonchev–Trinajstić information content (AvgIpc) is 3.54. The molecule has 8 rings (SSSR count). The fraction of sp³-hybridized carbons (Fsp3) is 0.913. The number of carboxylic acid groups (broad SMARTS) is 1.